The van der Waals surface area contributed by atoms with Crippen molar-refractivity contribution in [1.29, 1.82) is 0 Å². The second-order valence-electron chi connectivity index (χ2n) is 4.19. The largest absolute Gasteiger partial charge is 0.340 e. The number of H-pyrrole nitrogens is 1. The number of carbonyl (C=O) groups is 1. The molecule has 2 aromatic heterocycles. The molecule has 0 fully saturated rings. The lowest BCUT2D eigenvalue weighted by molar-refractivity contribution is 0.251. The maximum atomic E-state index is 11.8. The molecule has 3 heterocycles. The van der Waals surface area contributed by atoms with Gasteiger partial charge in [-0.25, -0.2) is 28.2 Å². The third-order valence-electron chi connectivity index (χ3n) is 2.70. The van der Waals surface area contributed by atoms with Crippen molar-refractivity contribution in [3.05, 3.63) is 24.1 Å². The average Bonchev–Trinajstić information content (AvgIpc) is 2.96. The SMILES string of the molecule is O=C(Nc1ncnc2nc[nH]c12)N[C@H]1C=CS(=O)(=O)C1. The molecule has 0 spiro atoms. The molecule has 0 radical (unpaired) electrons. The van der Waals surface area contributed by atoms with Crippen LogP contribution in [0.15, 0.2) is 24.1 Å². The molecule has 0 bridgehead atoms. The van der Waals surface area contributed by atoms with Gasteiger partial charge in [-0.05, 0) is 6.08 Å². The van der Waals surface area contributed by atoms with E-state index in [4.69, 9.17) is 0 Å². The number of rotatable bonds is 2. The van der Waals surface area contributed by atoms with Gasteiger partial charge in [-0.3, -0.25) is 5.32 Å². The van der Waals surface area contributed by atoms with Crippen LogP contribution >= 0.6 is 0 Å². The number of hydrogen-bond donors (Lipinski definition) is 3. The topological polar surface area (TPSA) is 130 Å². The number of imidazole rings is 1. The Hall–Kier alpha value is -2.49. The van der Waals surface area contributed by atoms with E-state index in [1.54, 1.807) is 0 Å². The van der Waals surface area contributed by atoms with Gasteiger partial charge in [0.1, 0.15) is 11.8 Å². The van der Waals surface area contributed by atoms with Gasteiger partial charge in [0, 0.05) is 5.41 Å². The number of urea groups is 1. The summed E-state index contributed by atoms with van der Waals surface area (Å²) in [4.78, 5) is 26.4. The first-order chi connectivity index (χ1) is 9.53. The minimum absolute atomic E-state index is 0.135. The van der Waals surface area contributed by atoms with Crippen molar-refractivity contribution < 1.29 is 13.2 Å². The molecular formula is C10H10N6O3S. The predicted octanol–water partition coefficient (Wildman–Crippen LogP) is -0.215. The lowest BCUT2D eigenvalue weighted by Crippen LogP contribution is -2.38. The van der Waals surface area contributed by atoms with E-state index in [2.05, 4.69) is 30.6 Å². The predicted molar refractivity (Wildman–Crippen MR) is 70.6 cm³/mol. The van der Waals surface area contributed by atoms with Crippen molar-refractivity contribution >= 4 is 32.9 Å². The number of hydrogen-bond acceptors (Lipinski definition) is 6. The van der Waals surface area contributed by atoms with Crippen LogP contribution < -0.4 is 10.6 Å². The first kappa shape index (κ1) is 12.5. The van der Waals surface area contributed by atoms with Gasteiger partial charge >= 0.3 is 6.03 Å². The van der Waals surface area contributed by atoms with E-state index >= 15 is 0 Å². The monoisotopic (exact) mass is 294 g/mol. The number of aromatic amines is 1. The van der Waals surface area contributed by atoms with Gasteiger partial charge in [-0.1, -0.05) is 0 Å². The molecule has 9 nitrogen and oxygen atoms in total. The molecule has 1 atom stereocenters. The van der Waals surface area contributed by atoms with Crippen molar-refractivity contribution in [3.63, 3.8) is 0 Å². The number of nitrogens with one attached hydrogen (secondary N) is 3. The highest BCUT2D eigenvalue weighted by molar-refractivity contribution is 7.94. The maximum absolute atomic E-state index is 11.8. The minimum Gasteiger partial charge on any atom is -0.340 e. The summed E-state index contributed by atoms with van der Waals surface area (Å²) in [5.41, 5.74) is 0.927. The Balaban J connectivity index is 1.71. The van der Waals surface area contributed by atoms with E-state index in [1.807, 2.05) is 0 Å². The summed E-state index contributed by atoms with van der Waals surface area (Å²) in [6.45, 7) is 0. The molecular weight excluding hydrogens is 284 g/mol. The molecule has 10 heteroatoms. The molecule has 1 aliphatic rings. The lowest BCUT2D eigenvalue weighted by atomic mass is 10.3. The molecule has 3 N–H and O–H groups in total. The van der Waals surface area contributed by atoms with Crippen LogP contribution in [0.5, 0.6) is 0 Å². The van der Waals surface area contributed by atoms with Crippen molar-refractivity contribution in [3.8, 4) is 0 Å². The molecule has 104 valence electrons. The molecule has 0 aromatic carbocycles. The normalized spacial score (nSPS) is 20.1. The number of amides is 2. The Kier molecular flexibility index (Phi) is 2.86. The zero-order valence-corrected chi connectivity index (χ0v) is 10.9. The first-order valence-corrected chi connectivity index (χ1v) is 7.37. The van der Waals surface area contributed by atoms with Gasteiger partial charge < -0.3 is 10.3 Å². The second-order valence-corrected chi connectivity index (χ2v) is 6.12. The van der Waals surface area contributed by atoms with Crippen molar-refractivity contribution in [2.24, 2.45) is 0 Å². The average molecular weight is 294 g/mol. The maximum Gasteiger partial charge on any atom is 0.320 e. The van der Waals surface area contributed by atoms with Gasteiger partial charge in [-0.2, -0.15) is 0 Å². The Labute approximate surface area is 113 Å². The molecule has 3 rings (SSSR count). The quantitative estimate of drug-likeness (QED) is 0.702. The van der Waals surface area contributed by atoms with Crippen LogP contribution in [-0.4, -0.2) is 46.2 Å². The molecule has 20 heavy (non-hydrogen) atoms. The lowest BCUT2D eigenvalue weighted by Gasteiger charge is -2.10. The molecule has 0 saturated carbocycles. The van der Waals surface area contributed by atoms with E-state index < -0.39 is 21.9 Å². The van der Waals surface area contributed by atoms with Crippen molar-refractivity contribution in [2.75, 3.05) is 11.1 Å². The van der Waals surface area contributed by atoms with E-state index in [1.165, 1.54) is 18.7 Å². The Morgan fingerprint density at radius 3 is 2.95 bits per heavy atom. The number of anilines is 1. The summed E-state index contributed by atoms with van der Waals surface area (Å²) in [5, 5.41) is 6.15. The number of aromatic nitrogens is 4. The van der Waals surface area contributed by atoms with Crippen LogP contribution in [0.3, 0.4) is 0 Å². The minimum atomic E-state index is -3.20. The number of nitrogens with zero attached hydrogens (tertiary/aromatic N) is 3. The smallest absolute Gasteiger partial charge is 0.320 e. The summed E-state index contributed by atoms with van der Waals surface area (Å²) < 4.78 is 22.5. The second kappa shape index (κ2) is 4.56. The molecule has 0 unspecified atom stereocenters. The molecule has 1 aliphatic heterocycles. The van der Waals surface area contributed by atoms with E-state index in [-0.39, 0.29) is 11.6 Å². The molecule has 2 aromatic rings. The Morgan fingerprint density at radius 2 is 2.20 bits per heavy atom. The zero-order valence-electron chi connectivity index (χ0n) is 10.1. The molecule has 0 saturated heterocycles. The first-order valence-electron chi connectivity index (χ1n) is 5.66. The van der Waals surface area contributed by atoms with Crippen LogP contribution in [0.2, 0.25) is 0 Å². The summed E-state index contributed by atoms with van der Waals surface area (Å²) >= 11 is 0. The van der Waals surface area contributed by atoms with Crippen LogP contribution in [0.25, 0.3) is 11.2 Å². The number of fused-ring (bicyclic) bond motifs is 1. The van der Waals surface area contributed by atoms with Gasteiger partial charge in [0.15, 0.2) is 21.3 Å². The summed E-state index contributed by atoms with van der Waals surface area (Å²) in [7, 11) is -3.20. The van der Waals surface area contributed by atoms with E-state index in [0.29, 0.717) is 11.2 Å². The van der Waals surface area contributed by atoms with Gasteiger partial charge in [0.25, 0.3) is 0 Å². The summed E-state index contributed by atoms with van der Waals surface area (Å²) in [6.07, 6.45) is 4.15. The van der Waals surface area contributed by atoms with Crippen molar-refractivity contribution in [2.45, 2.75) is 6.04 Å². The standard InChI is InChI=1S/C10H10N6O3S/c17-10(15-6-1-2-20(18,19)3-6)16-9-7-8(12-4-11-7)13-5-14-9/h1-2,4-6H,3H2,(H3,11,12,13,14,15,16,17)/t6-/m0/s1. The van der Waals surface area contributed by atoms with Gasteiger partial charge in [0.2, 0.25) is 0 Å². The van der Waals surface area contributed by atoms with Crippen LogP contribution in [0, 0.1) is 0 Å². The van der Waals surface area contributed by atoms with Crippen LogP contribution in [0.1, 0.15) is 0 Å². The van der Waals surface area contributed by atoms with E-state index in [9.17, 15) is 13.2 Å². The fourth-order valence-corrected chi connectivity index (χ4v) is 3.07. The Morgan fingerprint density at radius 1 is 1.35 bits per heavy atom. The fourth-order valence-electron chi connectivity index (χ4n) is 1.84. The van der Waals surface area contributed by atoms with Crippen LogP contribution in [-0.2, 0) is 9.84 Å². The van der Waals surface area contributed by atoms with Crippen molar-refractivity contribution in [1.82, 2.24) is 25.3 Å². The van der Waals surface area contributed by atoms with E-state index in [0.717, 1.165) is 5.41 Å². The van der Waals surface area contributed by atoms with Crippen LogP contribution in [0.4, 0.5) is 10.6 Å². The highest BCUT2D eigenvalue weighted by Gasteiger charge is 2.23. The highest BCUT2D eigenvalue weighted by Crippen LogP contribution is 2.14. The summed E-state index contributed by atoms with van der Waals surface area (Å²) in [5.74, 6) is 0.138. The summed E-state index contributed by atoms with van der Waals surface area (Å²) in [6, 6.07) is -1.09. The third kappa shape index (κ3) is 2.45. The molecule has 0 aliphatic carbocycles. The number of sulfone groups is 1. The third-order valence-corrected chi connectivity index (χ3v) is 4.10. The highest BCUT2D eigenvalue weighted by atomic mass is 32.2. The molecule has 2 amide bonds. The zero-order chi connectivity index (χ0) is 14.2. The Bertz CT molecular complexity index is 796. The number of carbonyl (C=O) groups excluding carboxylic acids is 1. The van der Waals surface area contributed by atoms with Gasteiger partial charge in [0.05, 0.1) is 18.1 Å². The fraction of sp³-hybridized carbons (Fsp3) is 0.200. The van der Waals surface area contributed by atoms with Gasteiger partial charge in [-0.15, -0.1) is 0 Å².